The second kappa shape index (κ2) is 5.96. The lowest BCUT2D eigenvalue weighted by molar-refractivity contribution is -0.141. The van der Waals surface area contributed by atoms with Gasteiger partial charge in [0, 0.05) is 6.08 Å². The summed E-state index contributed by atoms with van der Waals surface area (Å²) in [7, 11) is 0. The number of unbranched alkanes of at least 4 members (excludes halogenated alkanes) is 1. The summed E-state index contributed by atoms with van der Waals surface area (Å²) in [6.07, 6.45) is 3.90. The Labute approximate surface area is 68.2 Å². The highest BCUT2D eigenvalue weighted by Crippen LogP contribution is 2.03. The van der Waals surface area contributed by atoms with Crippen LogP contribution in [0.4, 0.5) is 0 Å². The molecule has 0 saturated heterocycles. The van der Waals surface area contributed by atoms with Gasteiger partial charge < -0.3 is 4.74 Å². The van der Waals surface area contributed by atoms with Gasteiger partial charge in [-0.25, -0.2) is 4.79 Å². The lowest BCUT2D eigenvalue weighted by Crippen LogP contribution is -2.12. The number of esters is 1. The van der Waals surface area contributed by atoms with Crippen LogP contribution < -0.4 is 0 Å². The maximum absolute atomic E-state index is 10.6. The molecule has 0 aliphatic rings. The molecule has 0 aromatic carbocycles. The van der Waals surface area contributed by atoms with E-state index in [0.29, 0.717) is 0 Å². The third-order valence-corrected chi connectivity index (χ3v) is 1.33. The number of rotatable bonds is 5. The summed E-state index contributed by atoms with van der Waals surface area (Å²) in [4.78, 5) is 10.6. The maximum Gasteiger partial charge on any atom is 0.330 e. The zero-order chi connectivity index (χ0) is 8.69. The van der Waals surface area contributed by atoms with Gasteiger partial charge in [0.25, 0.3) is 0 Å². The molecule has 1 unspecified atom stereocenters. The van der Waals surface area contributed by atoms with Gasteiger partial charge in [0.1, 0.15) is 6.10 Å². The molecule has 11 heavy (non-hydrogen) atoms. The van der Waals surface area contributed by atoms with E-state index in [4.69, 9.17) is 4.74 Å². The normalized spacial score (nSPS) is 12.2. The van der Waals surface area contributed by atoms with Gasteiger partial charge in [0.2, 0.25) is 0 Å². The van der Waals surface area contributed by atoms with E-state index in [-0.39, 0.29) is 12.1 Å². The minimum absolute atomic E-state index is 0.222. The molecule has 0 aliphatic carbocycles. The highest BCUT2D eigenvalue weighted by molar-refractivity contribution is 5.81. The third kappa shape index (κ3) is 5.64. The molecule has 1 radical (unpaired) electrons. The SMILES string of the molecule is [CH2]C(CCCC)OC(=O)C=C. The van der Waals surface area contributed by atoms with Gasteiger partial charge in [-0.3, -0.25) is 0 Å². The van der Waals surface area contributed by atoms with E-state index in [1.165, 1.54) is 0 Å². The molecule has 0 aromatic rings. The molecule has 0 bridgehead atoms. The number of carbonyl (C=O) groups is 1. The van der Waals surface area contributed by atoms with E-state index < -0.39 is 0 Å². The number of hydrogen-bond donors (Lipinski definition) is 0. The van der Waals surface area contributed by atoms with Crippen LogP contribution in [0.1, 0.15) is 26.2 Å². The van der Waals surface area contributed by atoms with Crippen molar-refractivity contribution in [3.05, 3.63) is 19.6 Å². The number of hydrogen-bond acceptors (Lipinski definition) is 2. The van der Waals surface area contributed by atoms with E-state index in [9.17, 15) is 4.79 Å². The van der Waals surface area contributed by atoms with Crippen LogP contribution in [0.25, 0.3) is 0 Å². The van der Waals surface area contributed by atoms with Crippen molar-refractivity contribution < 1.29 is 9.53 Å². The van der Waals surface area contributed by atoms with Crippen LogP contribution in [0.2, 0.25) is 0 Å². The predicted molar refractivity (Wildman–Crippen MR) is 45.0 cm³/mol. The molecule has 0 aromatic heterocycles. The lowest BCUT2D eigenvalue weighted by Gasteiger charge is -2.09. The number of carbonyl (C=O) groups excluding carboxylic acids is 1. The highest BCUT2D eigenvalue weighted by atomic mass is 16.5. The lowest BCUT2D eigenvalue weighted by atomic mass is 10.2. The fraction of sp³-hybridized carbons (Fsp3) is 0.556. The Bertz CT molecular complexity index is 130. The first-order valence-corrected chi connectivity index (χ1v) is 3.86. The minimum atomic E-state index is -0.388. The van der Waals surface area contributed by atoms with Crippen molar-refractivity contribution in [2.45, 2.75) is 32.3 Å². The first-order valence-electron chi connectivity index (χ1n) is 3.86. The van der Waals surface area contributed by atoms with Crippen molar-refractivity contribution in [1.82, 2.24) is 0 Å². The Morgan fingerprint density at radius 2 is 2.36 bits per heavy atom. The Morgan fingerprint density at radius 1 is 1.73 bits per heavy atom. The van der Waals surface area contributed by atoms with Gasteiger partial charge in [-0.1, -0.05) is 26.3 Å². The summed E-state index contributed by atoms with van der Waals surface area (Å²) >= 11 is 0. The van der Waals surface area contributed by atoms with Crippen molar-refractivity contribution in [2.24, 2.45) is 0 Å². The van der Waals surface area contributed by atoms with Crippen molar-refractivity contribution in [3.63, 3.8) is 0 Å². The van der Waals surface area contributed by atoms with Gasteiger partial charge in [0.15, 0.2) is 0 Å². The third-order valence-electron chi connectivity index (χ3n) is 1.33. The molecule has 0 fully saturated rings. The summed E-state index contributed by atoms with van der Waals surface area (Å²) in [5.41, 5.74) is 0. The molecule has 0 rings (SSSR count). The zero-order valence-corrected chi connectivity index (χ0v) is 7.01. The standard InChI is InChI=1S/C9H15O2/c1-4-6-7-8(3)11-9(10)5-2/h5,8H,2-4,6-7H2,1H3. The number of ether oxygens (including phenoxy) is 1. The maximum atomic E-state index is 10.6. The van der Waals surface area contributed by atoms with Crippen LogP contribution in [-0.4, -0.2) is 12.1 Å². The van der Waals surface area contributed by atoms with Crippen LogP contribution in [0.3, 0.4) is 0 Å². The van der Waals surface area contributed by atoms with Crippen LogP contribution in [0, 0.1) is 6.92 Å². The zero-order valence-electron chi connectivity index (χ0n) is 7.01. The molecular weight excluding hydrogens is 140 g/mol. The quantitative estimate of drug-likeness (QED) is 0.449. The molecule has 0 heterocycles. The predicted octanol–water partition coefficient (Wildman–Crippen LogP) is 2.11. The Balaban J connectivity index is 3.43. The average molecular weight is 155 g/mol. The topological polar surface area (TPSA) is 26.3 Å². The fourth-order valence-electron chi connectivity index (χ4n) is 0.703. The van der Waals surface area contributed by atoms with Crippen LogP contribution in [0.5, 0.6) is 0 Å². The van der Waals surface area contributed by atoms with Crippen LogP contribution in [-0.2, 0) is 9.53 Å². The molecule has 0 amide bonds. The van der Waals surface area contributed by atoms with Gasteiger partial charge in [-0.15, -0.1) is 0 Å². The molecule has 0 saturated carbocycles. The second-order valence-electron chi connectivity index (χ2n) is 2.41. The van der Waals surface area contributed by atoms with E-state index in [1.54, 1.807) is 0 Å². The monoisotopic (exact) mass is 155 g/mol. The summed E-state index contributed by atoms with van der Waals surface area (Å²) < 4.78 is 4.83. The van der Waals surface area contributed by atoms with E-state index in [2.05, 4.69) is 20.4 Å². The molecular formula is C9H15O2. The van der Waals surface area contributed by atoms with Crippen molar-refractivity contribution >= 4 is 5.97 Å². The van der Waals surface area contributed by atoms with Crippen molar-refractivity contribution in [2.75, 3.05) is 0 Å². The highest BCUT2D eigenvalue weighted by Gasteiger charge is 2.04. The second-order valence-corrected chi connectivity index (χ2v) is 2.41. The van der Waals surface area contributed by atoms with Gasteiger partial charge in [-0.05, 0) is 13.3 Å². The Kier molecular flexibility index (Phi) is 5.53. The largest absolute Gasteiger partial charge is 0.459 e. The molecule has 0 aliphatic heterocycles. The van der Waals surface area contributed by atoms with E-state index in [0.717, 1.165) is 25.3 Å². The molecule has 0 N–H and O–H groups in total. The van der Waals surface area contributed by atoms with Crippen molar-refractivity contribution in [3.8, 4) is 0 Å². The fourth-order valence-corrected chi connectivity index (χ4v) is 0.703. The first kappa shape index (κ1) is 10.2. The summed E-state index contributed by atoms with van der Waals surface area (Å²) in [6, 6.07) is 0. The Hall–Kier alpha value is -0.790. The van der Waals surface area contributed by atoms with Gasteiger partial charge in [0.05, 0.1) is 0 Å². The molecule has 2 heteroatoms. The van der Waals surface area contributed by atoms with Crippen LogP contribution >= 0.6 is 0 Å². The summed E-state index contributed by atoms with van der Waals surface area (Å²) in [6.45, 7) is 9.05. The first-order chi connectivity index (χ1) is 5.20. The van der Waals surface area contributed by atoms with Gasteiger partial charge >= 0.3 is 5.97 Å². The molecule has 2 nitrogen and oxygen atoms in total. The van der Waals surface area contributed by atoms with E-state index in [1.807, 2.05) is 0 Å². The molecule has 1 atom stereocenters. The molecule has 0 spiro atoms. The van der Waals surface area contributed by atoms with Gasteiger partial charge in [-0.2, -0.15) is 0 Å². The summed E-state index contributed by atoms with van der Waals surface area (Å²) in [5, 5.41) is 0. The minimum Gasteiger partial charge on any atom is -0.459 e. The van der Waals surface area contributed by atoms with E-state index >= 15 is 0 Å². The average Bonchev–Trinajstić information content (AvgIpc) is 2.00. The Morgan fingerprint density at radius 3 is 2.82 bits per heavy atom. The summed E-state index contributed by atoms with van der Waals surface area (Å²) in [5.74, 6) is -0.388. The van der Waals surface area contributed by atoms with Crippen molar-refractivity contribution in [1.29, 1.82) is 0 Å². The van der Waals surface area contributed by atoms with Crippen LogP contribution in [0.15, 0.2) is 12.7 Å². The smallest absolute Gasteiger partial charge is 0.330 e. The molecule has 63 valence electrons.